The Kier molecular flexibility index (Phi) is 1.89. The lowest BCUT2D eigenvalue weighted by Gasteiger charge is -1.97. The van der Waals surface area contributed by atoms with E-state index in [2.05, 4.69) is 27.2 Å². The summed E-state index contributed by atoms with van der Waals surface area (Å²) in [5, 5.41) is 12.0. The molecular weight excluding hydrogens is 218 g/mol. The fourth-order valence-corrected chi connectivity index (χ4v) is 2.21. The van der Waals surface area contributed by atoms with E-state index in [9.17, 15) is 0 Å². The average molecular weight is 226 g/mol. The third-order valence-electron chi connectivity index (χ3n) is 2.10. The van der Waals surface area contributed by atoms with Crippen LogP contribution in [0.5, 0.6) is 0 Å². The fourth-order valence-electron chi connectivity index (χ4n) is 1.52. The van der Waals surface area contributed by atoms with E-state index in [0.29, 0.717) is 0 Å². The molecule has 1 N–H and O–H groups in total. The zero-order chi connectivity index (χ0) is 8.55. The maximum absolute atomic E-state index is 8.74. The predicted octanol–water partition coefficient (Wildman–Crippen LogP) is 2.18. The summed E-state index contributed by atoms with van der Waals surface area (Å²) in [6.07, 6.45) is 0.912. The van der Waals surface area contributed by atoms with Gasteiger partial charge < -0.3 is 5.21 Å². The molecule has 0 heterocycles. The molecular formula is C9H8BrNO. The smallest absolute Gasteiger partial charge is 0.101 e. The van der Waals surface area contributed by atoms with Gasteiger partial charge in [-0.15, -0.1) is 0 Å². The minimum Gasteiger partial charge on any atom is -0.411 e. The van der Waals surface area contributed by atoms with Crippen molar-refractivity contribution in [3.05, 3.63) is 35.4 Å². The lowest BCUT2D eigenvalue weighted by Crippen LogP contribution is -2.08. The van der Waals surface area contributed by atoms with E-state index in [0.717, 1.165) is 17.7 Å². The molecule has 0 bridgehead atoms. The second kappa shape index (κ2) is 2.90. The first-order valence-electron chi connectivity index (χ1n) is 3.77. The van der Waals surface area contributed by atoms with E-state index >= 15 is 0 Å². The molecule has 12 heavy (non-hydrogen) atoms. The first-order chi connectivity index (χ1) is 5.83. The van der Waals surface area contributed by atoms with E-state index in [1.54, 1.807) is 0 Å². The van der Waals surface area contributed by atoms with E-state index in [4.69, 9.17) is 5.21 Å². The van der Waals surface area contributed by atoms with Crippen LogP contribution in [0.1, 0.15) is 11.1 Å². The molecule has 0 fully saturated rings. The van der Waals surface area contributed by atoms with E-state index in [1.807, 2.05) is 18.2 Å². The van der Waals surface area contributed by atoms with Gasteiger partial charge in [0.05, 0.1) is 4.83 Å². The Morgan fingerprint density at radius 1 is 1.42 bits per heavy atom. The van der Waals surface area contributed by atoms with Crippen LogP contribution in [-0.4, -0.2) is 15.7 Å². The van der Waals surface area contributed by atoms with E-state index < -0.39 is 0 Å². The Bertz CT molecular complexity index is 335. The predicted molar refractivity (Wildman–Crippen MR) is 51.2 cm³/mol. The van der Waals surface area contributed by atoms with Crippen LogP contribution in [0.2, 0.25) is 0 Å². The molecule has 0 amide bonds. The van der Waals surface area contributed by atoms with Crippen LogP contribution in [0.15, 0.2) is 29.4 Å². The van der Waals surface area contributed by atoms with Crippen molar-refractivity contribution in [2.75, 3.05) is 0 Å². The van der Waals surface area contributed by atoms with Gasteiger partial charge in [-0.25, -0.2) is 0 Å². The molecule has 1 aromatic carbocycles. The van der Waals surface area contributed by atoms with Crippen molar-refractivity contribution in [3.63, 3.8) is 0 Å². The number of rotatable bonds is 0. The normalized spacial score (nSPS) is 24.4. The molecule has 2 nitrogen and oxygen atoms in total. The summed E-state index contributed by atoms with van der Waals surface area (Å²) in [5.41, 5.74) is 3.04. The van der Waals surface area contributed by atoms with Crippen molar-refractivity contribution in [2.45, 2.75) is 11.2 Å². The molecule has 3 heteroatoms. The minimum absolute atomic E-state index is 0.167. The third-order valence-corrected chi connectivity index (χ3v) is 2.85. The standard InChI is InChI=1S/C9H8BrNO/c10-8-5-6-3-1-2-4-7(6)9(8)11-12/h1-4,8,12H,5H2. The van der Waals surface area contributed by atoms with Crippen molar-refractivity contribution < 1.29 is 5.21 Å². The number of fused-ring (bicyclic) bond motifs is 1. The monoisotopic (exact) mass is 225 g/mol. The van der Waals surface area contributed by atoms with Crippen molar-refractivity contribution in [3.8, 4) is 0 Å². The summed E-state index contributed by atoms with van der Waals surface area (Å²) >= 11 is 3.45. The zero-order valence-corrected chi connectivity index (χ0v) is 7.95. The van der Waals surface area contributed by atoms with Crippen LogP contribution in [0.3, 0.4) is 0 Å². The Labute approximate surface area is 79.0 Å². The van der Waals surface area contributed by atoms with Gasteiger partial charge in [-0.05, 0) is 12.0 Å². The van der Waals surface area contributed by atoms with Gasteiger partial charge in [0.25, 0.3) is 0 Å². The zero-order valence-electron chi connectivity index (χ0n) is 6.37. The number of hydrogen-bond acceptors (Lipinski definition) is 2. The van der Waals surface area contributed by atoms with Gasteiger partial charge in [0.15, 0.2) is 0 Å². The minimum atomic E-state index is 0.167. The van der Waals surface area contributed by atoms with Crippen molar-refractivity contribution in [2.24, 2.45) is 5.16 Å². The summed E-state index contributed by atoms with van der Waals surface area (Å²) in [6.45, 7) is 0. The molecule has 1 unspecified atom stereocenters. The number of hydrogen-bond donors (Lipinski definition) is 1. The number of oxime groups is 1. The quantitative estimate of drug-likeness (QED) is 0.410. The van der Waals surface area contributed by atoms with Crippen LogP contribution in [0.4, 0.5) is 0 Å². The lowest BCUT2D eigenvalue weighted by atomic mass is 10.1. The highest BCUT2D eigenvalue weighted by atomic mass is 79.9. The number of nitrogens with zero attached hydrogens (tertiary/aromatic N) is 1. The number of benzene rings is 1. The van der Waals surface area contributed by atoms with Crippen molar-refractivity contribution in [1.82, 2.24) is 0 Å². The van der Waals surface area contributed by atoms with Crippen LogP contribution in [-0.2, 0) is 6.42 Å². The first-order valence-corrected chi connectivity index (χ1v) is 4.69. The molecule has 1 aromatic rings. The molecule has 0 aliphatic heterocycles. The topological polar surface area (TPSA) is 32.6 Å². The van der Waals surface area contributed by atoms with Crippen LogP contribution < -0.4 is 0 Å². The Morgan fingerprint density at radius 2 is 2.17 bits per heavy atom. The Hall–Kier alpha value is -0.830. The second-order valence-electron chi connectivity index (χ2n) is 2.81. The van der Waals surface area contributed by atoms with Gasteiger partial charge in [-0.3, -0.25) is 0 Å². The molecule has 0 spiro atoms. The molecule has 1 aliphatic rings. The highest BCUT2D eigenvalue weighted by Crippen LogP contribution is 2.26. The third kappa shape index (κ3) is 1.05. The summed E-state index contributed by atoms with van der Waals surface area (Å²) in [5.74, 6) is 0. The second-order valence-corrected chi connectivity index (χ2v) is 3.92. The van der Waals surface area contributed by atoms with Crippen LogP contribution >= 0.6 is 15.9 Å². The van der Waals surface area contributed by atoms with Crippen LogP contribution in [0, 0.1) is 0 Å². The van der Waals surface area contributed by atoms with Crippen molar-refractivity contribution >= 4 is 21.6 Å². The molecule has 0 saturated heterocycles. The van der Waals surface area contributed by atoms with E-state index in [1.165, 1.54) is 5.56 Å². The molecule has 0 saturated carbocycles. The molecule has 0 radical (unpaired) electrons. The van der Waals surface area contributed by atoms with Gasteiger partial charge in [0.1, 0.15) is 5.71 Å². The molecule has 62 valence electrons. The van der Waals surface area contributed by atoms with Gasteiger partial charge in [0.2, 0.25) is 0 Å². The molecule has 0 aromatic heterocycles. The number of alkyl halides is 1. The van der Waals surface area contributed by atoms with Crippen molar-refractivity contribution in [1.29, 1.82) is 0 Å². The van der Waals surface area contributed by atoms with Crippen LogP contribution in [0.25, 0.3) is 0 Å². The van der Waals surface area contributed by atoms with Gasteiger partial charge in [-0.1, -0.05) is 45.4 Å². The first kappa shape index (κ1) is 7.80. The summed E-state index contributed by atoms with van der Waals surface area (Å²) in [7, 11) is 0. The summed E-state index contributed by atoms with van der Waals surface area (Å²) in [4.78, 5) is 0.167. The Morgan fingerprint density at radius 3 is 2.92 bits per heavy atom. The van der Waals surface area contributed by atoms with E-state index in [-0.39, 0.29) is 4.83 Å². The SMILES string of the molecule is ON=C1c2ccccc2CC1Br. The summed E-state index contributed by atoms with van der Waals surface area (Å²) in [6, 6.07) is 7.99. The highest BCUT2D eigenvalue weighted by molar-refractivity contribution is 9.10. The molecule has 1 atom stereocenters. The highest BCUT2D eigenvalue weighted by Gasteiger charge is 2.26. The molecule has 1 aliphatic carbocycles. The van der Waals surface area contributed by atoms with Gasteiger partial charge in [0, 0.05) is 5.56 Å². The maximum atomic E-state index is 8.74. The van der Waals surface area contributed by atoms with Gasteiger partial charge in [-0.2, -0.15) is 0 Å². The number of halogens is 1. The summed E-state index contributed by atoms with van der Waals surface area (Å²) < 4.78 is 0. The fraction of sp³-hybridized carbons (Fsp3) is 0.222. The Balaban J connectivity index is 2.55. The molecule has 2 rings (SSSR count). The average Bonchev–Trinajstić information content (AvgIpc) is 2.40. The van der Waals surface area contributed by atoms with Gasteiger partial charge >= 0.3 is 0 Å². The largest absolute Gasteiger partial charge is 0.411 e. The maximum Gasteiger partial charge on any atom is 0.101 e. The lowest BCUT2D eigenvalue weighted by molar-refractivity contribution is 0.318.